The Hall–Kier alpha value is -1.78. The van der Waals surface area contributed by atoms with Crippen LogP contribution in [-0.2, 0) is 0 Å². The predicted octanol–water partition coefficient (Wildman–Crippen LogP) is 2.48. The molecule has 0 aromatic carbocycles. The Bertz CT molecular complexity index is 531. The first-order valence-electron chi connectivity index (χ1n) is 6.61. The lowest BCUT2D eigenvalue weighted by Crippen LogP contribution is -2.14. The first-order valence-corrected chi connectivity index (χ1v) is 6.61. The molecular formula is C13H18N4O. The summed E-state index contributed by atoms with van der Waals surface area (Å²) < 4.78 is 7.95. The van der Waals surface area contributed by atoms with Crippen LogP contribution in [-0.4, -0.2) is 27.0 Å². The van der Waals surface area contributed by atoms with Gasteiger partial charge in [0.05, 0.1) is 6.20 Å². The monoisotopic (exact) mass is 246 g/mol. The van der Waals surface area contributed by atoms with E-state index in [1.54, 1.807) is 6.20 Å². The van der Waals surface area contributed by atoms with Gasteiger partial charge in [0.2, 0.25) is 5.65 Å². The molecular weight excluding hydrogens is 228 g/mol. The van der Waals surface area contributed by atoms with Crippen molar-refractivity contribution in [2.75, 3.05) is 11.9 Å². The van der Waals surface area contributed by atoms with Crippen LogP contribution in [0.25, 0.3) is 5.65 Å². The highest BCUT2D eigenvalue weighted by Gasteiger charge is 2.19. The third kappa shape index (κ3) is 2.12. The number of rotatable bonds is 4. The number of fused-ring (bicyclic) bond motifs is 1. The van der Waals surface area contributed by atoms with Crippen LogP contribution in [0.5, 0.6) is 5.88 Å². The molecule has 5 heteroatoms. The lowest BCUT2D eigenvalue weighted by atomic mass is 10.3. The summed E-state index contributed by atoms with van der Waals surface area (Å²) >= 11 is 0. The van der Waals surface area contributed by atoms with Gasteiger partial charge in [-0.25, -0.2) is 4.98 Å². The van der Waals surface area contributed by atoms with Crippen molar-refractivity contribution in [3.63, 3.8) is 0 Å². The van der Waals surface area contributed by atoms with Gasteiger partial charge < -0.3 is 10.1 Å². The number of hydrogen-bond donors (Lipinski definition) is 1. The molecule has 0 amide bonds. The summed E-state index contributed by atoms with van der Waals surface area (Å²) in [5, 5.41) is 3.22. The number of anilines is 1. The molecule has 18 heavy (non-hydrogen) atoms. The molecule has 0 bridgehead atoms. The molecule has 2 aromatic heterocycles. The molecule has 0 atom stereocenters. The summed E-state index contributed by atoms with van der Waals surface area (Å²) in [6.45, 7) is 2.90. The summed E-state index contributed by atoms with van der Waals surface area (Å²) in [5.41, 5.74) is 0.795. The summed E-state index contributed by atoms with van der Waals surface area (Å²) in [5.74, 6) is 1.47. The molecule has 0 radical (unpaired) electrons. The number of aromatic nitrogens is 3. The van der Waals surface area contributed by atoms with Gasteiger partial charge in [-0.05, 0) is 32.6 Å². The third-order valence-electron chi connectivity index (χ3n) is 3.28. The second-order valence-electron chi connectivity index (χ2n) is 4.64. The molecule has 1 fully saturated rings. The molecule has 0 spiro atoms. The molecule has 0 aliphatic heterocycles. The van der Waals surface area contributed by atoms with E-state index in [1.807, 2.05) is 16.8 Å². The first kappa shape index (κ1) is 11.3. The standard InChI is InChI=1S/C13H18N4O/c1-2-14-11-9-17-8-7-15-12(17)13(16-11)18-10-5-3-4-6-10/h7-10,14H,2-6H2,1H3. The Labute approximate surface area is 106 Å². The number of nitrogens with zero attached hydrogens (tertiary/aromatic N) is 3. The van der Waals surface area contributed by atoms with Crippen molar-refractivity contribution in [3.05, 3.63) is 18.6 Å². The average molecular weight is 246 g/mol. The summed E-state index contributed by atoms with van der Waals surface area (Å²) in [7, 11) is 0. The van der Waals surface area contributed by atoms with E-state index in [-0.39, 0.29) is 0 Å². The zero-order valence-electron chi connectivity index (χ0n) is 10.6. The molecule has 1 N–H and O–H groups in total. The number of hydrogen-bond acceptors (Lipinski definition) is 4. The minimum absolute atomic E-state index is 0.301. The van der Waals surface area contributed by atoms with E-state index >= 15 is 0 Å². The van der Waals surface area contributed by atoms with Gasteiger partial charge in [0.15, 0.2) is 0 Å². The van der Waals surface area contributed by atoms with Crippen molar-refractivity contribution in [2.45, 2.75) is 38.7 Å². The molecule has 1 saturated carbocycles. The van der Waals surface area contributed by atoms with Gasteiger partial charge in [0, 0.05) is 18.9 Å². The minimum Gasteiger partial charge on any atom is -0.472 e. The number of nitrogens with one attached hydrogen (secondary N) is 1. The lowest BCUT2D eigenvalue weighted by Gasteiger charge is -2.14. The van der Waals surface area contributed by atoms with Gasteiger partial charge in [-0.15, -0.1) is 0 Å². The fourth-order valence-corrected chi connectivity index (χ4v) is 2.41. The third-order valence-corrected chi connectivity index (χ3v) is 3.28. The van der Waals surface area contributed by atoms with Crippen molar-refractivity contribution in [1.29, 1.82) is 0 Å². The largest absolute Gasteiger partial charge is 0.472 e. The smallest absolute Gasteiger partial charge is 0.260 e. The Morgan fingerprint density at radius 1 is 1.44 bits per heavy atom. The highest BCUT2D eigenvalue weighted by molar-refractivity contribution is 5.53. The van der Waals surface area contributed by atoms with Gasteiger partial charge in [-0.3, -0.25) is 4.40 Å². The van der Waals surface area contributed by atoms with E-state index in [1.165, 1.54) is 12.8 Å². The molecule has 2 aromatic rings. The van der Waals surface area contributed by atoms with E-state index < -0.39 is 0 Å². The van der Waals surface area contributed by atoms with Crippen LogP contribution in [0.4, 0.5) is 5.82 Å². The molecule has 5 nitrogen and oxygen atoms in total. The van der Waals surface area contributed by atoms with Gasteiger partial charge in [0.1, 0.15) is 11.9 Å². The van der Waals surface area contributed by atoms with E-state index in [4.69, 9.17) is 4.74 Å². The minimum atomic E-state index is 0.301. The fraction of sp³-hybridized carbons (Fsp3) is 0.538. The summed E-state index contributed by atoms with van der Waals surface area (Å²) in [6.07, 6.45) is 10.7. The molecule has 1 aliphatic rings. The highest BCUT2D eigenvalue weighted by Crippen LogP contribution is 2.26. The van der Waals surface area contributed by atoms with Crippen molar-refractivity contribution >= 4 is 11.5 Å². The molecule has 0 saturated heterocycles. The van der Waals surface area contributed by atoms with Gasteiger partial charge >= 0.3 is 0 Å². The molecule has 3 rings (SSSR count). The molecule has 0 unspecified atom stereocenters. The Balaban J connectivity index is 1.93. The van der Waals surface area contributed by atoms with Crippen molar-refractivity contribution < 1.29 is 4.74 Å². The topological polar surface area (TPSA) is 51.5 Å². The summed E-state index contributed by atoms with van der Waals surface area (Å²) in [6, 6.07) is 0. The molecule has 96 valence electrons. The van der Waals surface area contributed by atoms with Gasteiger partial charge in [0.25, 0.3) is 5.88 Å². The lowest BCUT2D eigenvalue weighted by molar-refractivity contribution is 0.203. The number of ether oxygens (including phenoxy) is 1. The van der Waals surface area contributed by atoms with Crippen LogP contribution in [0.3, 0.4) is 0 Å². The zero-order valence-corrected chi connectivity index (χ0v) is 10.6. The van der Waals surface area contributed by atoms with Gasteiger partial charge in [-0.1, -0.05) is 0 Å². The summed E-state index contributed by atoms with van der Waals surface area (Å²) in [4.78, 5) is 8.82. The van der Waals surface area contributed by atoms with Crippen molar-refractivity contribution in [3.8, 4) is 5.88 Å². The zero-order chi connectivity index (χ0) is 12.4. The van der Waals surface area contributed by atoms with Crippen LogP contribution < -0.4 is 10.1 Å². The SMILES string of the molecule is CCNc1cn2ccnc2c(OC2CCCC2)n1. The number of imidazole rings is 1. The molecule has 1 aliphatic carbocycles. The first-order chi connectivity index (χ1) is 8.86. The second kappa shape index (κ2) is 4.84. The average Bonchev–Trinajstić information content (AvgIpc) is 2.99. The normalized spacial score (nSPS) is 16.3. The van der Waals surface area contributed by atoms with E-state index in [0.29, 0.717) is 12.0 Å². The highest BCUT2D eigenvalue weighted by atomic mass is 16.5. The maximum Gasteiger partial charge on any atom is 0.260 e. The Kier molecular flexibility index (Phi) is 3.04. The second-order valence-corrected chi connectivity index (χ2v) is 4.64. The maximum absolute atomic E-state index is 6.00. The van der Waals surface area contributed by atoms with Gasteiger partial charge in [-0.2, -0.15) is 4.98 Å². The van der Waals surface area contributed by atoms with Crippen LogP contribution in [0.1, 0.15) is 32.6 Å². The van der Waals surface area contributed by atoms with E-state index in [9.17, 15) is 0 Å². The van der Waals surface area contributed by atoms with Crippen LogP contribution in [0.2, 0.25) is 0 Å². The van der Waals surface area contributed by atoms with Crippen LogP contribution in [0.15, 0.2) is 18.6 Å². The van der Waals surface area contributed by atoms with Crippen LogP contribution in [0, 0.1) is 0 Å². The van der Waals surface area contributed by atoms with Crippen molar-refractivity contribution in [1.82, 2.24) is 14.4 Å². The maximum atomic E-state index is 6.00. The van der Waals surface area contributed by atoms with Crippen molar-refractivity contribution in [2.24, 2.45) is 0 Å². The molecule has 2 heterocycles. The Morgan fingerprint density at radius 3 is 3.06 bits per heavy atom. The van der Waals surface area contributed by atoms with Crippen LogP contribution >= 0.6 is 0 Å². The van der Waals surface area contributed by atoms with E-state index in [2.05, 4.69) is 22.2 Å². The fourth-order valence-electron chi connectivity index (χ4n) is 2.41. The Morgan fingerprint density at radius 2 is 2.28 bits per heavy atom. The van der Waals surface area contributed by atoms with E-state index in [0.717, 1.165) is 30.9 Å². The quantitative estimate of drug-likeness (QED) is 0.900. The predicted molar refractivity (Wildman–Crippen MR) is 70.0 cm³/mol.